The van der Waals surface area contributed by atoms with Crippen molar-refractivity contribution in [3.05, 3.63) is 65.7 Å². The number of amides is 1. The molecular weight excluding hydrogens is 405 g/mol. The number of carboxylic acid groups (broad SMARTS) is 1. The summed E-state index contributed by atoms with van der Waals surface area (Å²) in [4.78, 5) is 24.3. The third kappa shape index (κ3) is 5.94. The van der Waals surface area contributed by atoms with Gasteiger partial charge >= 0.3 is 12.3 Å². The Morgan fingerprint density at radius 1 is 1.13 bits per heavy atom. The zero-order valence-corrected chi connectivity index (χ0v) is 15.9. The lowest BCUT2D eigenvalue weighted by atomic mass is 9.91. The standard InChI is InChI=1S/C20H21F3N2O5/c1-19(18(28)29,13-8-5-9-14(11-13)30-20(21,22)23)25-17(27)16(26)15(24)10-12-6-3-2-4-7-12/h2-9,11,15-16,26H,10,24H2,1H3,(H,25,27)(H,28,29)/t15-,16+,19-/m1/s1. The van der Waals surface area contributed by atoms with Crippen molar-refractivity contribution < 1.29 is 37.7 Å². The van der Waals surface area contributed by atoms with Crippen LogP contribution in [0.4, 0.5) is 13.2 Å². The Labute approximate surface area is 170 Å². The number of carbonyl (C=O) groups excluding carboxylic acids is 1. The molecule has 0 saturated carbocycles. The summed E-state index contributed by atoms with van der Waals surface area (Å²) < 4.78 is 41.2. The third-order valence-electron chi connectivity index (χ3n) is 4.43. The quantitative estimate of drug-likeness (QED) is 0.512. The fourth-order valence-corrected chi connectivity index (χ4v) is 2.77. The summed E-state index contributed by atoms with van der Waals surface area (Å²) in [6.07, 6.45) is -6.57. The van der Waals surface area contributed by atoms with Gasteiger partial charge in [-0.3, -0.25) is 4.79 Å². The predicted molar refractivity (Wildman–Crippen MR) is 100 cm³/mol. The molecule has 0 radical (unpaired) electrons. The Balaban J connectivity index is 2.20. The predicted octanol–water partition coefficient (Wildman–Crippen LogP) is 1.93. The molecule has 0 aromatic heterocycles. The van der Waals surface area contributed by atoms with Crippen LogP contribution < -0.4 is 15.8 Å². The molecule has 0 saturated heterocycles. The first kappa shape index (κ1) is 23.2. The maximum atomic E-state index is 12.5. The van der Waals surface area contributed by atoms with Crippen molar-refractivity contribution in [2.24, 2.45) is 5.73 Å². The normalized spacial score (nSPS) is 15.5. The molecule has 0 bridgehead atoms. The van der Waals surface area contributed by atoms with Crippen LogP contribution in [-0.4, -0.2) is 40.6 Å². The number of aliphatic hydroxyl groups is 1. The number of nitrogens with one attached hydrogen (secondary N) is 1. The van der Waals surface area contributed by atoms with E-state index in [1.165, 1.54) is 6.07 Å². The van der Waals surface area contributed by atoms with Gasteiger partial charge in [0.15, 0.2) is 5.54 Å². The van der Waals surface area contributed by atoms with Crippen LogP contribution in [0.2, 0.25) is 0 Å². The number of halogens is 3. The Hall–Kier alpha value is -3.11. The lowest BCUT2D eigenvalue weighted by Gasteiger charge is -2.29. The zero-order chi connectivity index (χ0) is 22.5. The molecule has 2 aromatic rings. The van der Waals surface area contributed by atoms with E-state index in [2.05, 4.69) is 10.1 Å². The number of aliphatic hydroxyl groups excluding tert-OH is 1. The number of carboxylic acids is 1. The van der Waals surface area contributed by atoms with Gasteiger partial charge in [-0.15, -0.1) is 13.2 Å². The van der Waals surface area contributed by atoms with Crippen LogP contribution >= 0.6 is 0 Å². The molecule has 0 heterocycles. The molecule has 30 heavy (non-hydrogen) atoms. The van der Waals surface area contributed by atoms with Crippen molar-refractivity contribution in [3.8, 4) is 5.75 Å². The van der Waals surface area contributed by atoms with Crippen molar-refractivity contribution >= 4 is 11.9 Å². The molecule has 5 N–H and O–H groups in total. The van der Waals surface area contributed by atoms with E-state index in [-0.39, 0.29) is 12.0 Å². The molecule has 0 fully saturated rings. The van der Waals surface area contributed by atoms with Gasteiger partial charge in [-0.1, -0.05) is 42.5 Å². The van der Waals surface area contributed by atoms with E-state index in [0.717, 1.165) is 30.7 Å². The smallest absolute Gasteiger partial charge is 0.479 e. The molecule has 2 rings (SSSR count). The van der Waals surface area contributed by atoms with Crippen molar-refractivity contribution in [3.63, 3.8) is 0 Å². The van der Waals surface area contributed by atoms with Gasteiger partial charge in [0.05, 0.1) is 0 Å². The minimum Gasteiger partial charge on any atom is -0.479 e. The summed E-state index contributed by atoms with van der Waals surface area (Å²) in [5, 5.41) is 22.0. The third-order valence-corrected chi connectivity index (χ3v) is 4.43. The van der Waals surface area contributed by atoms with Crippen LogP contribution in [0.3, 0.4) is 0 Å². The summed E-state index contributed by atoms with van der Waals surface area (Å²) in [6.45, 7) is 1.08. The lowest BCUT2D eigenvalue weighted by molar-refractivity contribution is -0.274. The zero-order valence-electron chi connectivity index (χ0n) is 15.9. The van der Waals surface area contributed by atoms with E-state index in [4.69, 9.17) is 5.73 Å². The highest BCUT2D eigenvalue weighted by Gasteiger charge is 2.40. The Kier molecular flexibility index (Phi) is 7.06. The highest BCUT2D eigenvalue weighted by atomic mass is 19.4. The van der Waals surface area contributed by atoms with Gasteiger partial charge in [0.1, 0.15) is 11.9 Å². The van der Waals surface area contributed by atoms with E-state index in [1.54, 1.807) is 30.3 Å². The van der Waals surface area contributed by atoms with Gasteiger partial charge in [0.2, 0.25) is 0 Å². The van der Waals surface area contributed by atoms with Crippen LogP contribution in [0.5, 0.6) is 5.75 Å². The van der Waals surface area contributed by atoms with Crippen LogP contribution in [-0.2, 0) is 21.5 Å². The minimum atomic E-state index is -4.97. The molecule has 0 spiro atoms. The Bertz CT molecular complexity index is 892. The first-order chi connectivity index (χ1) is 13.9. The molecule has 0 unspecified atom stereocenters. The molecule has 10 heteroatoms. The molecule has 0 aliphatic carbocycles. The van der Waals surface area contributed by atoms with Crippen LogP contribution in [0.25, 0.3) is 0 Å². The monoisotopic (exact) mass is 426 g/mol. The first-order valence-electron chi connectivity index (χ1n) is 8.81. The number of carbonyl (C=O) groups is 2. The molecule has 0 aliphatic heterocycles. The van der Waals surface area contributed by atoms with E-state index in [9.17, 15) is 33.0 Å². The number of nitrogens with two attached hydrogens (primary N) is 1. The highest BCUT2D eigenvalue weighted by molar-refractivity contribution is 5.90. The Morgan fingerprint density at radius 2 is 1.77 bits per heavy atom. The largest absolute Gasteiger partial charge is 0.573 e. The summed E-state index contributed by atoms with van der Waals surface area (Å²) in [5.74, 6) is -3.28. The van der Waals surface area contributed by atoms with E-state index in [1.807, 2.05) is 0 Å². The Morgan fingerprint density at radius 3 is 2.33 bits per heavy atom. The van der Waals surface area contributed by atoms with E-state index in [0.29, 0.717) is 0 Å². The maximum Gasteiger partial charge on any atom is 0.573 e. The van der Waals surface area contributed by atoms with Crippen molar-refractivity contribution in [1.82, 2.24) is 5.32 Å². The van der Waals surface area contributed by atoms with Crippen molar-refractivity contribution in [2.75, 3.05) is 0 Å². The number of hydrogen-bond acceptors (Lipinski definition) is 5. The average Bonchev–Trinajstić information content (AvgIpc) is 2.66. The van der Waals surface area contributed by atoms with Gasteiger partial charge in [0.25, 0.3) is 5.91 Å². The SMILES string of the molecule is C[C@](NC(=O)[C@@H](O)[C@H](N)Cc1ccccc1)(C(=O)O)c1cccc(OC(F)(F)F)c1. The lowest BCUT2D eigenvalue weighted by Crippen LogP contribution is -2.56. The van der Waals surface area contributed by atoms with Crippen LogP contribution in [0, 0.1) is 0 Å². The van der Waals surface area contributed by atoms with Gasteiger partial charge in [-0.2, -0.15) is 0 Å². The topological polar surface area (TPSA) is 122 Å². The van der Waals surface area contributed by atoms with Crippen LogP contribution in [0.15, 0.2) is 54.6 Å². The van der Waals surface area contributed by atoms with Gasteiger partial charge in [-0.25, -0.2) is 4.79 Å². The number of aliphatic carboxylic acids is 1. The van der Waals surface area contributed by atoms with E-state index >= 15 is 0 Å². The van der Waals surface area contributed by atoms with Crippen LogP contribution in [0.1, 0.15) is 18.1 Å². The van der Waals surface area contributed by atoms with Crippen molar-refractivity contribution in [2.45, 2.75) is 37.4 Å². The molecule has 1 amide bonds. The van der Waals surface area contributed by atoms with Gasteiger partial charge in [0, 0.05) is 6.04 Å². The van der Waals surface area contributed by atoms with Crippen molar-refractivity contribution in [1.29, 1.82) is 0 Å². The molecule has 7 nitrogen and oxygen atoms in total. The number of ether oxygens (including phenoxy) is 1. The number of hydrogen-bond donors (Lipinski definition) is 4. The van der Waals surface area contributed by atoms with Gasteiger partial charge < -0.3 is 26.0 Å². The maximum absolute atomic E-state index is 12.5. The summed E-state index contributed by atoms with van der Waals surface area (Å²) in [6, 6.07) is 12.0. The fourth-order valence-electron chi connectivity index (χ4n) is 2.77. The molecule has 3 atom stereocenters. The molecule has 2 aromatic carbocycles. The summed E-state index contributed by atoms with van der Waals surface area (Å²) >= 11 is 0. The minimum absolute atomic E-state index is 0.147. The second-order valence-electron chi connectivity index (χ2n) is 6.79. The van der Waals surface area contributed by atoms with E-state index < -0.39 is 41.7 Å². The van der Waals surface area contributed by atoms with Gasteiger partial charge in [-0.05, 0) is 36.6 Å². The number of rotatable bonds is 8. The number of alkyl halides is 3. The number of benzene rings is 2. The second kappa shape index (κ2) is 9.14. The molecule has 162 valence electrons. The average molecular weight is 426 g/mol. The fraction of sp³-hybridized carbons (Fsp3) is 0.300. The summed E-state index contributed by atoms with van der Waals surface area (Å²) in [5.41, 5.74) is 4.30. The molecule has 0 aliphatic rings. The highest BCUT2D eigenvalue weighted by Crippen LogP contribution is 2.28. The first-order valence-corrected chi connectivity index (χ1v) is 8.81. The summed E-state index contributed by atoms with van der Waals surface area (Å²) in [7, 11) is 0. The molecular formula is C20H21F3N2O5. The second-order valence-corrected chi connectivity index (χ2v) is 6.79.